The highest BCUT2D eigenvalue weighted by atomic mass is 35.5. The summed E-state index contributed by atoms with van der Waals surface area (Å²) in [6.45, 7) is 8.21. The molecule has 0 saturated carbocycles. The van der Waals surface area contributed by atoms with Crippen LogP contribution >= 0.6 is 22.9 Å². The lowest BCUT2D eigenvalue weighted by molar-refractivity contribution is -0.139. The molecular formula is C27H27ClN2O6S. The van der Waals surface area contributed by atoms with E-state index in [1.165, 1.54) is 15.9 Å². The number of rotatable bonds is 8. The van der Waals surface area contributed by atoms with Crippen molar-refractivity contribution in [2.75, 3.05) is 19.8 Å². The third-order valence-electron chi connectivity index (χ3n) is 5.67. The first-order valence-corrected chi connectivity index (χ1v) is 13.1. The fourth-order valence-corrected chi connectivity index (χ4v) is 5.38. The molecule has 3 aromatic rings. The monoisotopic (exact) mass is 542 g/mol. The topological polar surface area (TPSA) is 99.4 Å². The molecule has 8 nitrogen and oxygen atoms in total. The third kappa shape index (κ3) is 5.28. The molecule has 4 rings (SSSR count). The predicted octanol–water partition coefficient (Wildman–Crippen LogP) is 3.95. The van der Waals surface area contributed by atoms with Gasteiger partial charge in [0.15, 0.2) is 16.3 Å². The Bertz CT molecular complexity index is 1540. The second kappa shape index (κ2) is 11.2. The van der Waals surface area contributed by atoms with E-state index in [2.05, 4.69) is 4.99 Å². The molecule has 0 radical (unpaired) electrons. The van der Waals surface area contributed by atoms with Gasteiger partial charge in [-0.2, -0.15) is 0 Å². The number of fused-ring (bicyclic) bond motifs is 1. The van der Waals surface area contributed by atoms with Crippen molar-refractivity contribution in [1.82, 2.24) is 4.57 Å². The van der Waals surface area contributed by atoms with E-state index in [-0.39, 0.29) is 28.7 Å². The fraction of sp³-hybridized carbons (Fsp3) is 0.296. The fourth-order valence-electron chi connectivity index (χ4n) is 4.11. The lowest BCUT2D eigenvalue weighted by Crippen LogP contribution is -2.39. The molecule has 0 aliphatic carbocycles. The van der Waals surface area contributed by atoms with Gasteiger partial charge in [0.1, 0.15) is 5.75 Å². The molecule has 2 heterocycles. The minimum absolute atomic E-state index is 0.109. The van der Waals surface area contributed by atoms with Crippen molar-refractivity contribution in [1.29, 1.82) is 0 Å². The zero-order valence-electron chi connectivity index (χ0n) is 20.9. The first-order chi connectivity index (χ1) is 17.8. The highest BCUT2D eigenvalue weighted by Crippen LogP contribution is 2.35. The molecule has 0 amide bonds. The molecule has 2 aromatic carbocycles. The maximum Gasteiger partial charge on any atom is 0.338 e. The smallest absolute Gasteiger partial charge is 0.338 e. The number of aromatic hydroxyl groups is 1. The van der Waals surface area contributed by atoms with Crippen molar-refractivity contribution in [2.24, 2.45) is 4.99 Å². The van der Waals surface area contributed by atoms with E-state index in [4.69, 9.17) is 25.8 Å². The number of hydrogen-bond donors (Lipinski definition) is 1. The van der Waals surface area contributed by atoms with Gasteiger partial charge in [0.25, 0.3) is 5.56 Å². The normalized spacial score (nSPS) is 15.3. The summed E-state index contributed by atoms with van der Waals surface area (Å²) in [4.78, 5) is 31.8. The van der Waals surface area contributed by atoms with Crippen LogP contribution < -0.4 is 24.4 Å². The number of aromatic nitrogens is 1. The first-order valence-electron chi connectivity index (χ1n) is 11.9. The van der Waals surface area contributed by atoms with Gasteiger partial charge >= 0.3 is 5.97 Å². The minimum atomic E-state index is -0.726. The Balaban J connectivity index is 1.91. The maximum atomic E-state index is 13.7. The van der Waals surface area contributed by atoms with Crippen LogP contribution in [-0.4, -0.2) is 35.5 Å². The van der Waals surface area contributed by atoms with E-state index in [0.717, 1.165) is 5.56 Å². The highest BCUT2D eigenvalue weighted by molar-refractivity contribution is 7.07. The van der Waals surface area contributed by atoms with Crippen LogP contribution in [0.3, 0.4) is 0 Å². The number of phenols is 1. The van der Waals surface area contributed by atoms with E-state index >= 15 is 0 Å². The Kier molecular flexibility index (Phi) is 8.04. The molecule has 1 atom stereocenters. The molecule has 0 unspecified atom stereocenters. The number of carbonyl (C=O) groups is 1. The number of carbonyl (C=O) groups excluding carboxylic acids is 1. The highest BCUT2D eigenvalue weighted by Gasteiger charge is 2.33. The van der Waals surface area contributed by atoms with Gasteiger partial charge in [0.2, 0.25) is 0 Å². The molecule has 0 saturated heterocycles. The van der Waals surface area contributed by atoms with Crippen LogP contribution in [0.25, 0.3) is 6.08 Å². The van der Waals surface area contributed by atoms with Crippen LogP contribution in [-0.2, 0) is 9.53 Å². The number of esters is 1. The number of benzene rings is 2. The standard InChI is InChI=1S/C27H27ClN2O6S/c1-5-34-18-10-8-17(9-11-18)23-22(26(33)36-7-3)15(4)29-27-30(23)25(32)21(37-27)14-16-12-19(28)24(31)20(13-16)35-6-2/h8-14,23,31H,5-7H2,1-4H3/t23-/m0/s1. The molecule has 37 heavy (non-hydrogen) atoms. The molecule has 194 valence electrons. The van der Waals surface area contributed by atoms with Crippen molar-refractivity contribution < 1.29 is 24.1 Å². The van der Waals surface area contributed by atoms with Crippen LogP contribution in [0, 0.1) is 0 Å². The number of thiazole rings is 1. The number of ether oxygens (including phenoxy) is 3. The van der Waals surface area contributed by atoms with Crippen molar-refractivity contribution in [3.63, 3.8) is 0 Å². The quantitative estimate of drug-likeness (QED) is 0.433. The van der Waals surface area contributed by atoms with E-state index in [9.17, 15) is 14.7 Å². The Labute approximate surface area is 222 Å². The summed E-state index contributed by atoms with van der Waals surface area (Å²) in [5, 5.41) is 10.3. The molecule has 0 fully saturated rings. The number of nitrogens with zero attached hydrogens (tertiary/aromatic N) is 2. The molecule has 1 aromatic heterocycles. The number of halogens is 1. The molecular weight excluding hydrogens is 516 g/mol. The molecule has 1 aliphatic rings. The number of phenolic OH excluding ortho intramolecular Hbond substituents is 1. The van der Waals surface area contributed by atoms with Gasteiger partial charge in [0.05, 0.1) is 46.7 Å². The van der Waals surface area contributed by atoms with Crippen molar-refractivity contribution in [3.8, 4) is 17.2 Å². The van der Waals surface area contributed by atoms with E-state index in [1.807, 2.05) is 19.1 Å². The van der Waals surface area contributed by atoms with Gasteiger partial charge in [0, 0.05) is 0 Å². The van der Waals surface area contributed by atoms with Gasteiger partial charge in [-0.1, -0.05) is 35.1 Å². The van der Waals surface area contributed by atoms with E-state index < -0.39 is 12.0 Å². The number of allylic oxidation sites excluding steroid dienone is 1. The van der Waals surface area contributed by atoms with Gasteiger partial charge < -0.3 is 19.3 Å². The molecule has 0 bridgehead atoms. The lowest BCUT2D eigenvalue weighted by atomic mass is 9.96. The van der Waals surface area contributed by atoms with Gasteiger partial charge in [-0.25, -0.2) is 9.79 Å². The Morgan fingerprint density at radius 1 is 1.14 bits per heavy atom. The summed E-state index contributed by atoms with van der Waals surface area (Å²) >= 11 is 7.38. The SMILES string of the molecule is CCOC(=O)C1=C(C)N=c2sc(=Cc3cc(Cl)c(O)c(OCC)c3)c(=O)n2[C@H]1c1ccc(OCC)cc1. The molecule has 10 heteroatoms. The van der Waals surface area contributed by atoms with Crippen LogP contribution in [0.4, 0.5) is 0 Å². The van der Waals surface area contributed by atoms with Crippen LogP contribution in [0.2, 0.25) is 5.02 Å². The zero-order chi connectivity index (χ0) is 26.7. The van der Waals surface area contributed by atoms with Crippen LogP contribution in [0.15, 0.2) is 57.5 Å². The van der Waals surface area contributed by atoms with Gasteiger partial charge in [-0.05, 0) is 69.2 Å². The lowest BCUT2D eigenvalue weighted by Gasteiger charge is -2.24. The van der Waals surface area contributed by atoms with E-state index in [1.54, 1.807) is 51.1 Å². The second-order valence-electron chi connectivity index (χ2n) is 8.09. The van der Waals surface area contributed by atoms with Crippen molar-refractivity contribution >= 4 is 35.0 Å². The van der Waals surface area contributed by atoms with Crippen molar-refractivity contribution in [3.05, 3.63) is 83.5 Å². The van der Waals surface area contributed by atoms with E-state index in [0.29, 0.717) is 45.1 Å². The van der Waals surface area contributed by atoms with Crippen LogP contribution in [0.5, 0.6) is 17.2 Å². The number of hydrogen-bond acceptors (Lipinski definition) is 8. The van der Waals surface area contributed by atoms with Crippen molar-refractivity contribution in [2.45, 2.75) is 33.7 Å². The van der Waals surface area contributed by atoms with Gasteiger partial charge in [-0.3, -0.25) is 9.36 Å². The molecule has 1 aliphatic heterocycles. The summed E-state index contributed by atoms with van der Waals surface area (Å²) in [7, 11) is 0. The molecule has 1 N–H and O–H groups in total. The summed E-state index contributed by atoms with van der Waals surface area (Å²) in [5.74, 6) is 0.226. The summed E-state index contributed by atoms with van der Waals surface area (Å²) in [5.41, 5.74) is 1.77. The van der Waals surface area contributed by atoms with Crippen LogP contribution in [0.1, 0.15) is 44.9 Å². The second-order valence-corrected chi connectivity index (χ2v) is 9.50. The zero-order valence-corrected chi connectivity index (χ0v) is 22.5. The first kappa shape index (κ1) is 26.5. The summed E-state index contributed by atoms with van der Waals surface area (Å²) in [6, 6.07) is 9.72. The third-order valence-corrected chi connectivity index (χ3v) is 6.94. The Hall–Kier alpha value is -3.56. The Morgan fingerprint density at radius 2 is 1.84 bits per heavy atom. The average molecular weight is 543 g/mol. The summed E-state index contributed by atoms with van der Waals surface area (Å²) in [6.07, 6.45) is 1.66. The molecule has 0 spiro atoms. The van der Waals surface area contributed by atoms with Gasteiger partial charge in [-0.15, -0.1) is 0 Å². The predicted molar refractivity (Wildman–Crippen MR) is 142 cm³/mol. The maximum absolute atomic E-state index is 13.7. The summed E-state index contributed by atoms with van der Waals surface area (Å²) < 4.78 is 18.3. The average Bonchev–Trinajstić information content (AvgIpc) is 3.16. The largest absolute Gasteiger partial charge is 0.503 e. The Morgan fingerprint density at radius 3 is 2.49 bits per heavy atom. The minimum Gasteiger partial charge on any atom is -0.503 e.